The van der Waals surface area contributed by atoms with Crippen LogP contribution in [0.2, 0.25) is 0 Å². The zero-order valence-electron chi connectivity index (χ0n) is 12.8. The summed E-state index contributed by atoms with van der Waals surface area (Å²) < 4.78 is 21.0. The number of nitrogens with one attached hydrogen (secondary N) is 1. The van der Waals surface area contributed by atoms with Gasteiger partial charge in [0.2, 0.25) is 5.76 Å². The van der Waals surface area contributed by atoms with Gasteiger partial charge in [0.25, 0.3) is 5.91 Å². The number of carbonyl (C=O) groups excluding carboxylic acids is 1. The number of hydrogen-bond acceptors (Lipinski definition) is 5. The van der Waals surface area contributed by atoms with Crippen LogP contribution in [0.15, 0.2) is 36.3 Å². The summed E-state index contributed by atoms with van der Waals surface area (Å²) in [6, 6.07) is 7.27. The maximum atomic E-state index is 12.2. The van der Waals surface area contributed by atoms with Crippen LogP contribution >= 0.6 is 0 Å². The molecule has 0 aliphatic carbocycles. The van der Waals surface area contributed by atoms with Crippen LogP contribution in [0.3, 0.4) is 0 Å². The molecule has 1 aliphatic rings. The zero-order chi connectivity index (χ0) is 15.8. The van der Waals surface area contributed by atoms with E-state index in [4.69, 9.17) is 18.9 Å². The molecule has 0 radical (unpaired) electrons. The molecule has 22 heavy (non-hydrogen) atoms. The lowest BCUT2D eigenvalue weighted by molar-refractivity contribution is -0.123. The Morgan fingerprint density at radius 3 is 2.68 bits per heavy atom. The van der Waals surface area contributed by atoms with Gasteiger partial charge in [-0.2, -0.15) is 0 Å². The molecule has 1 heterocycles. The van der Waals surface area contributed by atoms with E-state index in [-0.39, 0.29) is 17.7 Å². The Balaban J connectivity index is 2.05. The van der Waals surface area contributed by atoms with Crippen LogP contribution in [0.4, 0.5) is 0 Å². The Kier molecular flexibility index (Phi) is 6.09. The highest BCUT2D eigenvalue weighted by molar-refractivity contribution is 5.91. The van der Waals surface area contributed by atoms with Gasteiger partial charge in [-0.3, -0.25) is 4.79 Å². The number of ether oxygens (including phenoxy) is 4. The fourth-order valence-corrected chi connectivity index (χ4v) is 2.07. The predicted molar refractivity (Wildman–Crippen MR) is 80.4 cm³/mol. The minimum Gasteiger partial charge on any atom is -0.494 e. The van der Waals surface area contributed by atoms with E-state index in [1.807, 2.05) is 31.2 Å². The summed E-state index contributed by atoms with van der Waals surface area (Å²) in [6.07, 6.45) is 1.33. The van der Waals surface area contributed by atoms with E-state index in [9.17, 15) is 4.79 Å². The lowest BCUT2D eigenvalue weighted by atomic mass is 10.1. The van der Waals surface area contributed by atoms with E-state index in [1.54, 1.807) is 7.11 Å². The summed E-state index contributed by atoms with van der Waals surface area (Å²) in [5.41, 5.74) is 0.927. The van der Waals surface area contributed by atoms with E-state index in [0.717, 1.165) is 11.3 Å². The van der Waals surface area contributed by atoms with Gasteiger partial charge in [0.15, 0.2) is 0 Å². The highest BCUT2D eigenvalue weighted by Gasteiger charge is 2.20. The quantitative estimate of drug-likeness (QED) is 0.832. The van der Waals surface area contributed by atoms with Crippen LogP contribution in [0, 0.1) is 0 Å². The second kappa shape index (κ2) is 8.29. The SMILES string of the molecule is CCOc1ccc([C@@H](COC)NC(=O)C2=COCCO2)cc1. The molecule has 0 fully saturated rings. The molecule has 0 saturated carbocycles. The Bertz CT molecular complexity index is 512. The van der Waals surface area contributed by atoms with Crippen LogP contribution < -0.4 is 10.1 Å². The third-order valence-electron chi connectivity index (χ3n) is 3.11. The third kappa shape index (κ3) is 4.39. The molecule has 1 aliphatic heterocycles. The average molecular weight is 307 g/mol. The van der Waals surface area contributed by atoms with Crippen molar-refractivity contribution in [1.82, 2.24) is 5.32 Å². The summed E-state index contributed by atoms with van der Waals surface area (Å²) in [5.74, 6) is 0.648. The monoisotopic (exact) mass is 307 g/mol. The van der Waals surface area contributed by atoms with Gasteiger partial charge in [0, 0.05) is 7.11 Å². The van der Waals surface area contributed by atoms with Crippen molar-refractivity contribution >= 4 is 5.91 Å². The molecule has 0 unspecified atom stereocenters. The fourth-order valence-electron chi connectivity index (χ4n) is 2.07. The van der Waals surface area contributed by atoms with E-state index >= 15 is 0 Å². The molecule has 0 saturated heterocycles. The van der Waals surface area contributed by atoms with E-state index in [0.29, 0.717) is 26.4 Å². The predicted octanol–water partition coefficient (Wildman–Crippen LogP) is 1.78. The molecule has 1 atom stereocenters. The lowest BCUT2D eigenvalue weighted by Crippen LogP contribution is -2.34. The first-order valence-corrected chi connectivity index (χ1v) is 7.21. The molecular formula is C16H21NO5. The number of methoxy groups -OCH3 is 1. The van der Waals surface area contributed by atoms with Gasteiger partial charge in [-0.15, -0.1) is 0 Å². The van der Waals surface area contributed by atoms with Crippen molar-refractivity contribution in [3.63, 3.8) is 0 Å². The Labute approximate surface area is 130 Å². The lowest BCUT2D eigenvalue weighted by Gasteiger charge is -2.21. The molecule has 1 N–H and O–H groups in total. The highest BCUT2D eigenvalue weighted by atomic mass is 16.6. The molecule has 0 bridgehead atoms. The standard InChI is InChI=1S/C16H21NO5/c1-3-21-13-6-4-12(5-7-13)14(10-19-2)17-16(18)15-11-20-8-9-22-15/h4-7,11,14H,3,8-10H2,1-2H3,(H,17,18)/t14-/m1/s1. The number of benzene rings is 1. The number of amides is 1. The van der Waals surface area contributed by atoms with Crippen LogP contribution in [-0.2, 0) is 19.0 Å². The second-order valence-corrected chi connectivity index (χ2v) is 4.68. The van der Waals surface area contributed by atoms with E-state index in [1.165, 1.54) is 6.26 Å². The maximum absolute atomic E-state index is 12.2. The first-order valence-electron chi connectivity index (χ1n) is 7.21. The van der Waals surface area contributed by atoms with Crippen molar-refractivity contribution in [3.8, 4) is 5.75 Å². The Morgan fingerprint density at radius 1 is 1.32 bits per heavy atom. The normalized spacial score (nSPS) is 15.1. The van der Waals surface area contributed by atoms with Crippen molar-refractivity contribution in [3.05, 3.63) is 41.9 Å². The van der Waals surface area contributed by atoms with Gasteiger partial charge < -0.3 is 24.3 Å². The molecule has 1 amide bonds. The first kappa shape index (κ1) is 16.2. The number of carbonyl (C=O) groups is 1. The summed E-state index contributed by atoms with van der Waals surface area (Å²) in [6.45, 7) is 3.73. The van der Waals surface area contributed by atoms with Gasteiger partial charge in [0.1, 0.15) is 25.2 Å². The van der Waals surface area contributed by atoms with Crippen molar-refractivity contribution < 1.29 is 23.7 Å². The van der Waals surface area contributed by atoms with Gasteiger partial charge in [-0.1, -0.05) is 12.1 Å². The Morgan fingerprint density at radius 2 is 2.09 bits per heavy atom. The third-order valence-corrected chi connectivity index (χ3v) is 3.11. The smallest absolute Gasteiger partial charge is 0.290 e. The van der Waals surface area contributed by atoms with Crippen molar-refractivity contribution in [2.75, 3.05) is 33.5 Å². The largest absolute Gasteiger partial charge is 0.494 e. The molecule has 0 aromatic heterocycles. The molecule has 2 rings (SSSR count). The zero-order valence-corrected chi connectivity index (χ0v) is 12.8. The van der Waals surface area contributed by atoms with E-state index in [2.05, 4.69) is 5.32 Å². The molecule has 6 nitrogen and oxygen atoms in total. The molecular weight excluding hydrogens is 286 g/mol. The van der Waals surface area contributed by atoms with Gasteiger partial charge >= 0.3 is 0 Å². The summed E-state index contributed by atoms with van der Waals surface area (Å²) in [5, 5.41) is 2.88. The summed E-state index contributed by atoms with van der Waals surface area (Å²) in [7, 11) is 1.59. The van der Waals surface area contributed by atoms with Gasteiger partial charge in [-0.25, -0.2) is 0 Å². The number of hydrogen-bond donors (Lipinski definition) is 1. The van der Waals surface area contributed by atoms with Crippen molar-refractivity contribution in [1.29, 1.82) is 0 Å². The highest BCUT2D eigenvalue weighted by Crippen LogP contribution is 2.19. The first-order chi connectivity index (χ1) is 10.7. The van der Waals surface area contributed by atoms with Gasteiger partial charge in [0.05, 0.1) is 19.3 Å². The minimum atomic E-state index is -0.323. The van der Waals surface area contributed by atoms with Crippen LogP contribution in [0.25, 0.3) is 0 Å². The van der Waals surface area contributed by atoms with Crippen molar-refractivity contribution in [2.24, 2.45) is 0 Å². The van der Waals surface area contributed by atoms with Crippen LogP contribution in [0.5, 0.6) is 5.75 Å². The van der Waals surface area contributed by atoms with Crippen molar-refractivity contribution in [2.45, 2.75) is 13.0 Å². The van der Waals surface area contributed by atoms with E-state index < -0.39 is 0 Å². The topological polar surface area (TPSA) is 66.0 Å². The summed E-state index contributed by atoms with van der Waals surface area (Å²) >= 11 is 0. The molecule has 6 heteroatoms. The maximum Gasteiger partial charge on any atom is 0.290 e. The second-order valence-electron chi connectivity index (χ2n) is 4.68. The average Bonchev–Trinajstić information content (AvgIpc) is 2.56. The Hall–Kier alpha value is -2.21. The fraction of sp³-hybridized carbons (Fsp3) is 0.438. The summed E-state index contributed by atoms with van der Waals surface area (Å²) in [4.78, 5) is 12.2. The van der Waals surface area contributed by atoms with Crippen LogP contribution in [0.1, 0.15) is 18.5 Å². The molecule has 0 spiro atoms. The van der Waals surface area contributed by atoms with Crippen LogP contribution in [-0.4, -0.2) is 39.4 Å². The number of rotatable bonds is 7. The minimum absolute atomic E-state index is 0.179. The molecule has 120 valence electrons. The molecule has 1 aromatic carbocycles. The van der Waals surface area contributed by atoms with Gasteiger partial charge in [-0.05, 0) is 24.6 Å². The molecule has 1 aromatic rings.